The number of nitrogen functional groups attached to an aromatic ring is 1. The number of nitrogens with two attached hydrogens (primary N) is 1. The van der Waals surface area contributed by atoms with Crippen molar-refractivity contribution in [2.24, 2.45) is 0 Å². The molecule has 1 amide bonds. The Morgan fingerprint density at radius 1 is 1.27 bits per heavy atom. The molecule has 5 heterocycles. The summed E-state index contributed by atoms with van der Waals surface area (Å²) in [7, 11) is 1.42. The summed E-state index contributed by atoms with van der Waals surface area (Å²) in [4.78, 5) is 24.1. The molecule has 3 aromatic rings. The standard InChI is InChI=1S/C28H29F5N6O2/c1-11-18-19-24(36-21(11)25(40)35-4)39-10-27(3)6-5-17(38-27)23(39)12(2)41-26(19)37-22(20(18)30)14-7-13(34)8-16(29)15(14)9-28(31,32)33/h7-8,12,17,23,38H,5-6,9-10,34H2,1-4H3,(H,35,40). The molecule has 6 rings (SSSR count). The molecule has 0 radical (unpaired) electrons. The fourth-order valence-corrected chi connectivity index (χ4v) is 6.71. The monoisotopic (exact) mass is 576 g/mol. The van der Waals surface area contributed by atoms with Crippen LogP contribution in [-0.4, -0.2) is 59.4 Å². The third kappa shape index (κ3) is 4.32. The predicted molar refractivity (Wildman–Crippen MR) is 143 cm³/mol. The van der Waals surface area contributed by atoms with E-state index in [1.165, 1.54) is 14.0 Å². The van der Waals surface area contributed by atoms with Gasteiger partial charge in [-0.1, -0.05) is 0 Å². The molecule has 4 atom stereocenters. The number of carbonyl (C=O) groups excluding carboxylic acids is 1. The van der Waals surface area contributed by atoms with E-state index in [2.05, 4.69) is 22.5 Å². The second-order valence-corrected chi connectivity index (χ2v) is 11.4. The van der Waals surface area contributed by atoms with Crippen LogP contribution in [0.1, 0.15) is 48.3 Å². The lowest BCUT2D eigenvalue weighted by molar-refractivity contribution is -0.127. The van der Waals surface area contributed by atoms with E-state index >= 15 is 4.39 Å². The van der Waals surface area contributed by atoms with Gasteiger partial charge in [-0.25, -0.2) is 18.7 Å². The highest BCUT2D eigenvalue weighted by Gasteiger charge is 2.51. The number of anilines is 2. The van der Waals surface area contributed by atoms with Gasteiger partial charge in [0.05, 0.1) is 17.8 Å². The highest BCUT2D eigenvalue weighted by molar-refractivity contribution is 6.06. The van der Waals surface area contributed by atoms with Crippen molar-refractivity contribution in [3.05, 3.63) is 40.6 Å². The molecule has 4 unspecified atom stereocenters. The van der Waals surface area contributed by atoms with E-state index in [0.29, 0.717) is 12.4 Å². The summed E-state index contributed by atoms with van der Waals surface area (Å²) in [5.74, 6) is -2.58. The zero-order valence-electron chi connectivity index (χ0n) is 22.8. The number of ether oxygens (including phenoxy) is 1. The lowest BCUT2D eigenvalue weighted by atomic mass is 9.94. The molecule has 4 N–H and O–H groups in total. The molecule has 41 heavy (non-hydrogen) atoms. The van der Waals surface area contributed by atoms with Crippen molar-refractivity contribution >= 4 is 28.2 Å². The van der Waals surface area contributed by atoms with Crippen LogP contribution in [0.5, 0.6) is 5.88 Å². The average molecular weight is 577 g/mol. The Balaban J connectivity index is 1.70. The van der Waals surface area contributed by atoms with Gasteiger partial charge in [0.1, 0.15) is 29.1 Å². The number of nitrogens with one attached hydrogen (secondary N) is 2. The van der Waals surface area contributed by atoms with Crippen molar-refractivity contribution in [1.29, 1.82) is 0 Å². The van der Waals surface area contributed by atoms with Gasteiger partial charge in [-0.15, -0.1) is 0 Å². The maximum absolute atomic E-state index is 16.7. The van der Waals surface area contributed by atoms with Gasteiger partial charge in [0.15, 0.2) is 5.82 Å². The Labute approximate surface area is 232 Å². The van der Waals surface area contributed by atoms with E-state index in [4.69, 9.17) is 15.5 Å². The fourth-order valence-electron chi connectivity index (χ4n) is 6.71. The number of fused-ring (bicyclic) bond motifs is 5. The fraction of sp³-hybridized carbons (Fsp3) is 0.464. The van der Waals surface area contributed by atoms with Gasteiger partial charge in [0.2, 0.25) is 5.88 Å². The van der Waals surface area contributed by atoms with Crippen LogP contribution >= 0.6 is 0 Å². The van der Waals surface area contributed by atoms with Gasteiger partial charge in [0.25, 0.3) is 5.91 Å². The van der Waals surface area contributed by atoms with Crippen molar-refractivity contribution < 1.29 is 31.5 Å². The Bertz CT molecular complexity index is 1610. The summed E-state index contributed by atoms with van der Waals surface area (Å²) < 4.78 is 78.5. The molecule has 3 aliphatic rings. The summed E-state index contributed by atoms with van der Waals surface area (Å²) in [6.07, 6.45) is -5.20. The molecule has 0 saturated carbocycles. The van der Waals surface area contributed by atoms with E-state index in [1.807, 2.05) is 11.8 Å². The molecule has 13 heteroatoms. The van der Waals surface area contributed by atoms with E-state index in [9.17, 15) is 22.4 Å². The van der Waals surface area contributed by atoms with Gasteiger partial charge in [-0.05, 0) is 51.3 Å². The Kier molecular flexibility index (Phi) is 6.11. The Hall–Kier alpha value is -3.74. The van der Waals surface area contributed by atoms with E-state index in [1.54, 1.807) is 0 Å². The topological polar surface area (TPSA) is 105 Å². The molecule has 0 spiro atoms. The molecule has 3 aliphatic heterocycles. The zero-order chi connectivity index (χ0) is 29.6. The van der Waals surface area contributed by atoms with Gasteiger partial charge >= 0.3 is 6.18 Å². The number of aromatic nitrogens is 2. The van der Waals surface area contributed by atoms with E-state index < -0.39 is 53.1 Å². The van der Waals surface area contributed by atoms with Crippen LogP contribution in [0.2, 0.25) is 0 Å². The molecular formula is C28H29F5N6O2. The summed E-state index contributed by atoms with van der Waals surface area (Å²) in [5, 5.41) is 6.30. The number of nitrogens with zero attached hydrogens (tertiary/aromatic N) is 3. The van der Waals surface area contributed by atoms with Crippen LogP contribution < -0.4 is 26.0 Å². The number of rotatable bonds is 3. The van der Waals surface area contributed by atoms with Crippen LogP contribution in [0.3, 0.4) is 0 Å². The SMILES string of the molecule is CNC(=O)c1nc2c3c(nc(-c4cc(N)cc(F)c4CC(F)(F)F)c(F)c3c1C)OC(C)C1C3CCC(C)(CN21)N3. The maximum Gasteiger partial charge on any atom is 0.393 e. The lowest BCUT2D eigenvalue weighted by Crippen LogP contribution is -2.66. The molecule has 0 aliphatic carbocycles. The predicted octanol–water partition coefficient (Wildman–Crippen LogP) is 4.41. The van der Waals surface area contributed by atoms with Crippen LogP contribution in [0.4, 0.5) is 33.5 Å². The van der Waals surface area contributed by atoms with Crippen LogP contribution in [0.15, 0.2) is 12.1 Å². The minimum atomic E-state index is -4.79. The highest BCUT2D eigenvalue weighted by atomic mass is 19.4. The van der Waals surface area contributed by atoms with Gasteiger partial charge in [0, 0.05) is 47.4 Å². The summed E-state index contributed by atoms with van der Waals surface area (Å²) >= 11 is 0. The number of benzene rings is 1. The van der Waals surface area contributed by atoms with Crippen LogP contribution in [-0.2, 0) is 6.42 Å². The molecule has 2 saturated heterocycles. The van der Waals surface area contributed by atoms with Crippen molar-refractivity contribution in [2.75, 3.05) is 24.2 Å². The zero-order valence-corrected chi connectivity index (χ0v) is 22.8. The van der Waals surface area contributed by atoms with Crippen LogP contribution in [0, 0.1) is 18.6 Å². The smallest absolute Gasteiger partial charge is 0.393 e. The molecule has 1 aromatic carbocycles. The molecule has 2 bridgehead atoms. The molecule has 218 valence electrons. The van der Waals surface area contributed by atoms with Crippen LogP contribution in [0.25, 0.3) is 22.0 Å². The summed E-state index contributed by atoms with van der Waals surface area (Å²) in [6, 6.07) is 1.57. The maximum atomic E-state index is 16.7. The third-order valence-electron chi connectivity index (χ3n) is 8.45. The first-order valence-corrected chi connectivity index (χ1v) is 13.3. The Morgan fingerprint density at radius 3 is 2.68 bits per heavy atom. The molecule has 2 aromatic heterocycles. The minimum absolute atomic E-state index is 0.00499. The number of hydrogen-bond donors (Lipinski definition) is 3. The van der Waals surface area contributed by atoms with E-state index in [0.717, 1.165) is 25.0 Å². The van der Waals surface area contributed by atoms with Crippen molar-refractivity contribution in [3.8, 4) is 17.1 Å². The first-order chi connectivity index (χ1) is 19.2. The number of pyridine rings is 2. The third-order valence-corrected chi connectivity index (χ3v) is 8.45. The number of aryl methyl sites for hydroxylation is 1. The van der Waals surface area contributed by atoms with Gasteiger partial charge in [-0.3, -0.25) is 4.79 Å². The number of alkyl halides is 3. The number of halogens is 5. The number of carbonyl (C=O) groups is 1. The van der Waals surface area contributed by atoms with E-state index in [-0.39, 0.29) is 51.2 Å². The lowest BCUT2D eigenvalue weighted by Gasteiger charge is -2.46. The normalized spacial score (nSPS) is 25.1. The second kappa shape index (κ2) is 9.13. The van der Waals surface area contributed by atoms with Gasteiger partial charge in [-0.2, -0.15) is 13.2 Å². The molecule has 8 nitrogen and oxygen atoms in total. The minimum Gasteiger partial charge on any atom is -0.472 e. The second-order valence-electron chi connectivity index (χ2n) is 11.4. The summed E-state index contributed by atoms with van der Waals surface area (Å²) in [5.41, 5.74) is 3.66. The average Bonchev–Trinajstić information content (AvgIpc) is 3.13. The largest absolute Gasteiger partial charge is 0.472 e. The summed E-state index contributed by atoms with van der Waals surface area (Å²) in [6.45, 7) is 5.92. The van der Waals surface area contributed by atoms with Crippen molar-refractivity contribution in [3.63, 3.8) is 0 Å². The number of piperazine rings is 1. The molecular weight excluding hydrogens is 547 g/mol. The quantitative estimate of drug-likeness (QED) is 0.314. The molecule has 2 fully saturated rings. The number of amides is 1. The van der Waals surface area contributed by atoms with Crippen molar-refractivity contribution in [1.82, 2.24) is 20.6 Å². The highest BCUT2D eigenvalue weighted by Crippen LogP contribution is 2.47. The Morgan fingerprint density at radius 2 is 2.00 bits per heavy atom. The first kappa shape index (κ1) is 27.4. The van der Waals surface area contributed by atoms with Crippen molar-refractivity contribution in [2.45, 2.75) is 69.9 Å². The first-order valence-electron chi connectivity index (χ1n) is 13.3. The van der Waals surface area contributed by atoms with Gasteiger partial charge < -0.3 is 26.0 Å². The number of hydrogen-bond acceptors (Lipinski definition) is 7.